The largest absolute Gasteiger partial charge is 0.453 e. The molecule has 1 aromatic heterocycles. The lowest BCUT2D eigenvalue weighted by Gasteiger charge is -2.19. The van der Waals surface area contributed by atoms with Crippen LogP contribution in [0.2, 0.25) is 0 Å². The SMILES string of the molecule is COC(=O)NCC1CCC(F)(F)c2c3c(nn2C1)CCNC3. The molecular weight excluding hydrogens is 294 g/mol. The number of ether oxygens (including phenoxy) is 1. The number of carbonyl (C=O) groups excluding carboxylic acids is 1. The molecule has 122 valence electrons. The zero-order chi connectivity index (χ0) is 15.7. The van der Waals surface area contributed by atoms with Crippen molar-refractivity contribution in [2.75, 3.05) is 20.2 Å². The van der Waals surface area contributed by atoms with Crippen LogP contribution in [-0.4, -0.2) is 36.1 Å². The first-order valence-corrected chi connectivity index (χ1v) is 7.50. The molecule has 1 aromatic rings. The summed E-state index contributed by atoms with van der Waals surface area (Å²) in [6.07, 6.45) is 0.248. The Morgan fingerprint density at radius 3 is 3.18 bits per heavy atom. The Hall–Kier alpha value is -1.70. The van der Waals surface area contributed by atoms with Crippen LogP contribution >= 0.6 is 0 Å². The van der Waals surface area contributed by atoms with Crippen LogP contribution in [-0.2, 0) is 30.2 Å². The third kappa shape index (κ3) is 2.79. The summed E-state index contributed by atoms with van der Waals surface area (Å²) in [5.74, 6) is -2.96. The maximum absolute atomic E-state index is 14.5. The van der Waals surface area contributed by atoms with Gasteiger partial charge in [0.15, 0.2) is 0 Å². The fraction of sp³-hybridized carbons (Fsp3) is 0.714. The number of nitrogens with one attached hydrogen (secondary N) is 2. The van der Waals surface area contributed by atoms with Crippen LogP contribution in [0.5, 0.6) is 0 Å². The minimum atomic E-state index is -2.88. The van der Waals surface area contributed by atoms with E-state index in [9.17, 15) is 13.6 Å². The van der Waals surface area contributed by atoms with Crippen molar-refractivity contribution in [3.05, 3.63) is 17.0 Å². The van der Waals surface area contributed by atoms with Gasteiger partial charge >= 0.3 is 6.09 Å². The molecule has 2 aliphatic heterocycles. The highest BCUT2D eigenvalue weighted by Gasteiger charge is 2.42. The molecule has 3 rings (SSSR count). The van der Waals surface area contributed by atoms with Gasteiger partial charge < -0.3 is 15.4 Å². The van der Waals surface area contributed by atoms with Crippen molar-refractivity contribution in [2.24, 2.45) is 5.92 Å². The number of amides is 1. The number of alkyl carbamates (subject to hydrolysis) is 1. The Kier molecular flexibility index (Phi) is 4.03. The fourth-order valence-corrected chi connectivity index (χ4v) is 3.20. The van der Waals surface area contributed by atoms with Crippen molar-refractivity contribution in [3.8, 4) is 0 Å². The lowest BCUT2D eigenvalue weighted by molar-refractivity contribution is -0.0214. The predicted octanol–water partition coefficient (Wildman–Crippen LogP) is 1.39. The van der Waals surface area contributed by atoms with Crippen LogP contribution in [0.1, 0.15) is 29.8 Å². The van der Waals surface area contributed by atoms with Crippen LogP contribution in [0.25, 0.3) is 0 Å². The van der Waals surface area contributed by atoms with E-state index in [0.29, 0.717) is 38.0 Å². The zero-order valence-corrected chi connectivity index (χ0v) is 12.5. The number of carbonyl (C=O) groups is 1. The molecule has 0 spiro atoms. The highest BCUT2D eigenvalue weighted by molar-refractivity contribution is 5.66. The topological polar surface area (TPSA) is 68.2 Å². The van der Waals surface area contributed by atoms with Crippen LogP contribution in [0.4, 0.5) is 13.6 Å². The number of nitrogens with zero attached hydrogens (tertiary/aromatic N) is 2. The summed E-state index contributed by atoms with van der Waals surface area (Å²) in [4.78, 5) is 11.2. The second-order valence-electron chi connectivity index (χ2n) is 5.86. The first-order chi connectivity index (χ1) is 10.5. The van der Waals surface area contributed by atoms with Crippen molar-refractivity contribution in [3.63, 3.8) is 0 Å². The fourth-order valence-electron chi connectivity index (χ4n) is 3.20. The molecule has 0 fully saturated rings. The summed E-state index contributed by atoms with van der Waals surface area (Å²) in [7, 11) is 1.28. The van der Waals surface area contributed by atoms with E-state index in [-0.39, 0.29) is 18.0 Å². The van der Waals surface area contributed by atoms with E-state index in [2.05, 4.69) is 20.5 Å². The predicted molar refractivity (Wildman–Crippen MR) is 74.7 cm³/mol. The summed E-state index contributed by atoms with van der Waals surface area (Å²) < 4.78 is 35.0. The molecule has 22 heavy (non-hydrogen) atoms. The van der Waals surface area contributed by atoms with Gasteiger partial charge in [0.1, 0.15) is 5.69 Å². The van der Waals surface area contributed by atoms with Gasteiger partial charge in [0.2, 0.25) is 0 Å². The lowest BCUT2D eigenvalue weighted by atomic mass is 9.98. The van der Waals surface area contributed by atoms with E-state index >= 15 is 0 Å². The third-order valence-corrected chi connectivity index (χ3v) is 4.34. The zero-order valence-electron chi connectivity index (χ0n) is 12.5. The molecular formula is C14H20F2N4O2. The van der Waals surface area contributed by atoms with Crippen molar-refractivity contribution in [1.29, 1.82) is 0 Å². The normalized spacial score (nSPS) is 23.1. The number of fused-ring (bicyclic) bond motifs is 3. The number of alkyl halides is 2. The molecule has 0 radical (unpaired) electrons. The Balaban J connectivity index is 1.84. The highest BCUT2D eigenvalue weighted by atomic mass is 19.3. The van der Waals surface area contributed by atoms with E-state index in [4.69, 9.17) is 0 Å². The molecule has 1 atom stereocenters. The van der Waals surface area contributed by atoms with Gasteiger partial charge in [-0.1, -0.05) is 0 Å². The maximum atomic E-state index is 14.5. The smallest absolute Gasteiger partial charge is 0.406 e. The lowest BCUT2D eigenvalue weighted by Crippen LogP contribution is -2.31. The molecule has 8 heteroatoms. The van der Waals surface area contributed by atoms with E-state index in [0.717, 1.165) is 12.2 Å². The molecule has 0 aromatic carbocycles. The van der Waals surface area contributed by atoms with Crippen LogP contribution in [0.3, 0.4) is 0 Å². The summed E-state index contributed by atoms with van der Waals surface area (Å²) in [5.41, 5.74) is 1.48. The monoisotopic (exact) mass is 314 g/mol. The molecule has 2 aliphatic rings. The van der Waals surface area contributed by atoms with Gasteiger partial charge in [-0.15, -0.1) is 0 Å². The summed E-state index contributed by atoms with van der Waals surface area (Å²) in [6, 6.07) is 0. The number of halogens is 2. The molecule has 1 amide bonds. The number of aromatic nitrogens is 2. The van der Waals surface area contributed by atoms with E-state index in [1.165, 1.54) is 11.8 Å². The molecule has 0 aliphatic carbocycles. The van der Waals surface area contributed by atoms with Crippen molar-refractivity contribution in [1.82, 2.24) is 20.4 Å². The average Bonchev–Trinajstić information content (AvgIpc) is 2.82. The van der Waals surface area contributed by atoms with Gasteiger partial charge in [-0.05, 0) is 12.3 Å². The van der Waals surface area contributed by atoms with E-state index in [1.807, 2.05) is 0 Å². The maximum Gasteiger partial charge on any atom is 0.406 e. The quantitative estimate of drug-likeness (QED) is 0.865. The molecule has 0 saturated heterocycles. The van der Waals surface area contributed by atoms with Gasteiger partial charge in [-0.2, -0.15) is 13.9 Å². The Morgan fingerprint density at radius 1 is 1.59 bits per heavy atom. The van der Waals surface area contributed by atoms with E-state index in [1.54, 1.807) is 0 Å². The second kappa shape index (κ2) is 5.83. The summed E-state index contributed by atoms with van der Waals surface area (Å²) >= 11 is 0. The average molecular weight is 314 g/mol. The summed E-state index contributed by atoms with van der Waals surface area (Å²) in [5, 5.41) is 10.1. The summed E-state index contributed by atoms with van der Waals surface area (Å²) in [6.45, 7) is 1.92. The molecule has 6 nitrogen and oxygen atoms in total. The Bertz CT molecular complexity index is 573. The van der Waals surface area contributed by atoms with Gasteiger partial charge in [-0.3, -0.25) is 4.68 Å². The highest BCUT2D eigenvalue weighted by Crippen LogP contribution is 2.40. The van der Waals surface area contributed by atoms with Crippen molar-refractivity contribution in [2.45, 2.75) is 38.3 Å². The Morgan fingerprint density at radius 2 is 2.41 bits per heavy atom. The van der Waals surface area contributed by atoms with Crippen LogP contribution in [0.15, 0.2) is 0 Å². The van der Waals surface area contributed by atoms with E-state index < -0.39 is 12.0 Å². The number of methoxy groups -OCH3 is 1. The molecule has 0 bridgehead atoms. The Labute approximate surface area is 127 Å². The molecule has 3 heterocycles. The third-order valence-electron chi connectivity index (χ3n) is 4.34. The van der Waals surface area contributed by atoms with Crippen LogP contribution in [0, 0.1) is 5.92 Å². The second-order valence-corrected chi connectivity index (χ2v) is 5.86. The minimum absolute atomic E-state index is 0.0512. The van der Waals surface area contributed by atoms with Gasteiger partial charge in [0, 0.05) is 44.6 Å². The number of hydrogen-bond acceptors (Lipinski definition) is 4. The standard InChI is InChI=1S/C14H20F2N4O2/c1-22-13(21)18-6-9-2-4-14(15,16)12-10-7-17-5-3-11(10)19-20(12)8-9/h9,17H,2-8H2,1H3,(H,18,21). The van der Waals surface area contributed by atoms with Crippen LogP contribution < -0.4 is 10.6 Å². The molecule has 2 N–H and O–H groups in total. The van der Waals surface area contributed by atoms with Gasteiger partial charge in [0.25, 0.3) is 5.92 Å². The molecule has 1 unspecified atom stereocenters. The minimum Gasteiger partial charge on any atom is -0.453 e. The first-order valence-electron chi connectivity index (χ1n) is 7.50. The number of hydrogen-bond donors (Lipinski definition) is 2. The first kappa shape index (κ1) is 15.2. The van der Waals surface area contributed by atoms with Gasteiger partial charge in [0.05, 0.1) is 12.8 Å². The van der Waals surface area contributed by atoms with Crippen molar-refractivity contribution >= 4 is 6.09 Å². The number of rotatable bonds is 2. The van der Waals surface area contributed by atoms with Gasteiger partial charge in [-0.25, -0.2) is 4.79 Å². The molecule has 0 saturated carbocycles. The van der Waals surface area contributed by atoms with Crippen molar-refractivity contribution < 1.29 is 18.3 Å².